The molecule has 1 fully saturated rings. The van der Waals surface area contributed by atoms with Crippen LogP contribution in [0.1, 0.15) is 51.8 Å². The lowest BCUT2D eigenvalue weighted by molar-refractivity contribution is 0.502. The summed E-state index contributed by atoms with van der Waals surface area (Å²) in [5, 5.41) is 4.06. The van der Waals surface area contributed by atoms with Crippen molar-refractivity contribution in [3.05, 3.63) is 17.0 Å². The van der Waals surface area contributed by atoms with Crippen LogP contribution in [-0.2, 0) is 6.42 Å². The molecule has 0 aliphatic heterocycles. The van der Waals surface area contributed by atoms with Gasteiger partial charge in [-0.3, -0.25) is 0 Å². The number of rotatable bonds is 3. The molecule has 100 valence electrons. The maximum atomic E-state index is 6.01. The van der Waals surface area contributed by atoms with Crippen LogP contribution in [0.5, 0.6) is 0 Å². The van der Waals surface area contributed by atoms with E-state index >= 15 is 0 Å². The monoisotopic (exact) mass is 267 g/mol. The molecule has 1 aliphatic rings. The second-order valence-electron chi connectivity index (χ2n) is 5.30. The fraction of sp³-hybridized carbons (Fsp3) is 0.714. The molecule has 0 radical (unpaired) electrons. The summed E-state index contributed by atoms with van der Waals surface area (Å²) in [5.41, 5.74) is 0. The number of halogens is 1. The molecule has 1 heterocycles. The zero-order valence-electron chi connectivity index (χ0n) is 11.2. The third-order valence-corrected chi connectivity index (χ3v) is 3.86. The molecule has 1 N–H and O–H groups in total. The Bertz CT molecular complexity index is 395. The number of aryl methyl sites for hydroxylation is 1. The molecule has 2 unspecified atom stereocenters. The average molecular weight is 268 g/mol. The summed E-state index contributed by atoms with van der Waals surface area (Å²) in [6.07, 6.45) is 7.23. The van der Waals surface area contributed by atoms with Crippen molar-refractivity contribution in [3.63, 3.8) is 0 Å². The lowest BCUT2D eigenvalue weighted by Crippen LogP contribution is -2.19. The lowest BCUT2D eigenvalue weighted by atomic mass is 10.0. The minimum absolute atomic E-state index is 0.533. The van der Waals surface area contributed by atoms with Crippen LogP contribution in [0.3, 0.4) is 0 Å². The average Bonchev–Trinajstić information content (AvgIpc) is 2.54. The Morgan fingerprint density at radius 3 is 2.89 bits per heavy atom. The highest BCUT2D eigenvalue weighted by molar-refractivity contribution is 6.29. The van der Waals surface area contributed by atoms with Gasteiger partial charge in [-0.1, -0.05) is 38.3 Å². The minimum Gasteiger partial charge on any atom is -0.367 e. The normalized spacial score (nSPS) is 24.6. The maximum Gasteiger partial charge on any atom is 0.134 e. The van der Waals surface area contributed by atoms with E-state index in [-0.39, 0.29) is 0 Å². The first-order chi connectivity index (χ1) is 8.67. The van der Waals surface area contributed by atoms with Gasteiger partial charge in [-0.25, -0.2) is 9.97 Å². The Morgan fingerprint density at radius 2 is 2.11 bits per heavy atom. The van der Waals surface area contributed by atoms with Gasteiger partial charge in [0, 0.05) is 18.5 Å². The van der Waals surface area contributed by atoms with Crippen LogP contribution < -0.4 is 5.32 Å². The highest BCUT2D eigenvalue weighted by Gasteiger charge is 2.16. The van der Waals surface area contributed by atoms with Gasteiger partial charge >= 0.3 is 0 Å². The second kappa shape index (κ2) is 6.37. The fourth-order valence-electron chi connectivity index (χ4n) is 2.54. The van der Waals surface area contributed by atoms with Crippen molar-refractivity contribution in [1.29, 1.82) is 0 Å². The van der Waals surface area contributed by atoms with Crippen molar-refractivity contribution in [3.8, 4) is 0 Å². The van der Waals surface area contributed by atoms with Crippen LogP contribution in [0.25, 0.3) is 0 Å². The van der Waals surface area contributed by atoms with Crippen molar-refractivity contribution in [1.82, 2.24) is 9.97 Å². The number of hydrogen-bond donors (Lipinski definition) is 1. The standard InChI is InChI=1S/C14H22ClN3/c1-3-13-17-12(15)9-14(18-13)16-11-6-4-5-10(2)7-8-11/h9-11H,3-8H2,1-2H3,(H,16,17,18). The summed E-state index contributed by atoms with van der Waals surface area (Å²) in [4.78, 5) is 8.68. The molecule has 0 bridgehead atoms. The van der Waals surface area contributed by atoms with Crippen LogP contribution in [0.2, 0.25) is 5.15 Å². The van der Waals surface area contributed by atoms with Gasteiger partial charge in [-0.2, -0.15) is 0 Å². The Morgan fingerprint density at radius 1 is 1.28 bits per heavy atom. The second-order valence-corrected chi connectivity index (χ2v) is 5.69. The highest BCUT2D eigenvalue weighted by Crippen LogP contribution is 2.25. The highest BCUT2D eigenvalue weighted by atomic mass is 35.5. The maximum absolute atomic E-state index is 6.01. The van der Waals surface area contributed by atoms with Crippen LogP contribution in [0, 0.1) is 5.92 Å². The molecular weight excluding hydrogens is 246 g/mol. The topological polar surface area (TPSA) is 37.8 Å². The van der Waals surface area contributed by atoms with Crippen LogP contribution in [-0.4, -0.2) is 16.0 Å². The fourth-order valence-corrected chi connectivity index (χ4v) is 2.74. The minimum atomic E-state index is 0.533. The summed E-state index contributed by atoms with van der Waals surface area (Å²) < 4.78 is 0. The number of aromatic nitrogens is 2. The zero-order chi connectivity index (χ0) is 13.0. The molecule has 2 atom stereocenters. The zero-order valence-corrected chi connectivity index (χ0v) is 12.0. The molecule has 2 rings (SSSR count). The number of nitrogens with zero attached hydrogens (tertiary/aromatic N) is 2. The molecule has 4 heteroatoms. The Hall–Kier alpha value is -0.830. The summed E-state index contributed by atoms with van der Waals surface area (Å²) >= 11 is 6.01. The van der Waals surface area contributed by atoms with Gasteiger partial charge in [0.1, 0.15) is 16.8 Å². The van der Waals surface area contributed by atoms with Crippen molar-refractivity contribution >= 4 is 17.4 Å². The van der Waals surface area contributed by atoms with E-state index in [1.807, 2.05) is 13.0 Å². The Kier molecular flexibility index (Phi) is 4.81. The molecule has 0 amide bonds. The van der Waals surface area contributed by atoms with Crippen molar-refractivity contribution in [2.75, 3.05) is 5.32 Å². The first-order valence-electron chi connectivity index (χ1n) is 6.97. The molecule has 0 aromatic carbocycles. The molecule has 1 aliphatic carbocycles. The Balaban J connectivity index is 2.01. The van der Waals surface area contributed by atoms with Crippen molar-refractivity contribution in [2.45, 2.75) is 58.4 Å². The van der Waals surface area contributed by atoms with E-state index in [0.717, 1.165) is 24.0 Å². The number of nitrogens with one attached hydrogen (secondary N) is 1. The molecule has 1 aromatic rings. The molecule has 1 aromatic heterocycles. The summed E-state index contributed by atoms with van der Waals surface area (Å²) in [7, 11) is 0. The van der Waals surface area contributed by atoms with E-state index in [4.69, 9.17) is 11.6 Å². The van der Waals surface area contributed by atoms with E-state index in [1.165, 1.54) is 32.1 Å². The SMILES string of the molecule is CCc1nc(Cl)cc(NC2CCCC(C)CC2)n1. The summed E-state index contributed by atoms with van der Waals surface area (Å²) in [6.45, 7) is 4.39. The third kappa shape index (κ3) is 3.84. The Labute approximate surface area is 114 Å². The summed E-state index contributed by atoms with van der Waals surface area (Å²) in [6, 6.07) is 2.36. The third-order valence-electron chi connectivity index (χ3n) is 3.67. The van der Waals surface area contributed by atoms with E-state index in [0.29, 0.717) is 11.2 Å². The van der Waals surface area contributed by atoms with Gasteiger partial charge in [0.05, 0.1) is 0 Å². The summed E-state index contributed by atoms with van der Waals surface area (Å²) in [5.74, 6) is 2.55. The largest absolute Gasteiger partial charge is 0.367 e. The van der Waals surface area contributed by atoms with Crippen molar-refractivity contribution < 1.29 is 0 Å². The van der Waals surface area contributed by atoms with E-state index in [9.17, 15) is 0 Å². The van der Waals surface area contributed by atoms with E-state index in [1.54, 1.807) is 0 Å². The lowest BCUT2D eigenvalue weighted by Gasteiger charge is -2.17. The quantitative estimate of drug-likeness (QED) is 0.663. The predicted octanol–water partition coefficient (Wildman–Crippen LogP) is 4.07. The molecule has 1 saturated carbocycles. The smallest absolute Gasteiger partial charge is 0.134 e. The van der Waals surface area contributed by atoms with Gasteiger partial charge in [0.25, 0.3) is 0 Å². The van der Waals surface area contributed by atoms with Gasteiger partial charge in [0.2, 0.25) is 0 Å². The van der Waals surface area contributed by atoms with Crippen LogP contribution >= 0.6 is 11.6 Å². The molecular formula is C14H22ClN3. The first kappa shape index (κ1) is 13.6. The van der Waals surface area contributed by atoms with E-state index in [2.05, 4.69) is 22.2 Å². The molecule has 18 heavy (non-hydrogen) atoms. The van der Waals surface area contributed by atoms with Crippen LogP contribution in [0.15, 0.2) is 6.07 Å². The van der Waals surface area contributed by atoms with Gasteiger partial charge < -0.3 is 5.32 Å². The van der Waals surface area contributed by atoms with Gasteiger partial charge in [-0.15, -0.1) is 0 Å². The predicted molar refractivity (Wildman–Crippen MR) is 76.1 cm³/mol. The molecule has 3 nitrogen and oxygen atoms in total. The van der Waals surface area contributed by atoms with Crippen LogP contribution in [0.4, 0.5) is 5.82 Å². The van der Waals surface area contributed by atoms with E-state index < -0.39 is 0 Å². The van der Waals surface area contributed by atoms with Gasteiger partial charge in [-0.05, 0) is 25.2 Å². The number of hydrogen-bond acceptors (Lipinski definition) is 3. The molecule has 0 saturated heterocycles. The molecule has 0 spiro atoms. The first-order valence-corrected chi connectivity index (χ1v) is 7.35. The van der Waals surface area contributed by atoms with Crippen molar-refractivity contribution in [2.24, 2.45) is 5.92 Å². The number of anilines is 1. The van der Waals surface area contributed by atoms with Gasteiger partial charge in [0.15, 0.2) is 0 Å².